The smallest absolute Gasteiger partial charge is 0.262 e. The van der Waals surface area contributed by atoms with Gasteiger partial charge in [-0.15, -0.1) is 0 Å². The van der Waals surface area contributed by atoms with Crippen LogP contribution in [0.25, 0.3) is 10.9 Å². The van der Waals surface area contributed by atoms with Gasteiger partial charge in [-0.05, 0) is 88.7 Å². The van der Waals surface area contributed by atoms with Crippen LogP contribution in [-0.2, 0) is 9.84 Å². The van der Waals surface area contributed by atoms with Crippen LogP contribution in [0.5, 0.6) is 0 Å². The molecule has 10 heteroatoms. The van der Waals surface area contributed by atoms with E-state index in [1.165, 1.54) is 18.7 Å². The van der Waals surface area contributed by atoms with E-state index in [4.69, 9.17) is 0 Å². The number of pyridine rings is 3. The van der Waals surface area contributed by atoms with E-state index in [2.05, 4.69) is 26.3 Å². The van der Waals surface area contributed by atoms with Gasteiger partial charge in [0.1, 0.15) is 21.5 Å². The number of anilines is 2. The Bertz CT molecular complexity index is 1550. The van der Waals surface area contributed by atoms with Crippen molar-refractivity contribution < 1.29 is 13.2 Å². The van der Waals surface area contributed by atoms with Crippen molar-refractivity contribution in [2.75, 3.05) is 37.0 Å². The van der Waals surface area contributed by atoms with Crippen molar-refractivity contribution in [1.82, 2.24) is 19.4 Å². The van der Waals surface area contributed by atoms with E-state index in [0.29, 0.717) is 29.5 Å². The number of sulfone groups is 1. The summed E-state index contributed by atoms with van der Waals surface area (Å²) in [6.07, 6.45) is 11.7. The van der Waals surface area contributed by atoms with Gasteiger partial charge in [0.15, 0.2) is 5.78 Å². The maximum atomic E-state index is 13.5. The summed E-state index contributed by atoms with van der Waals surface area (Å²) >= 11 is 0. The number of aromatic nitrogens is 3. The minimum Gasteiger partial charge on any atom is -0.325 e. The third-order valence-electron chi connectivity index (χ3n) is 8.49. The second-order valence-electron chi connectivity index (χ2n) is 11.5. The van der Waals surface area contributed by atoms with Gasteiger partial charge in [-0.1, -0.05) is 18.9 Å². The zero-order chi connectivity index (χ0) is 28.4. The van der Waals surface area contributed by atoms with E-state index in [1.807, 2.05) is 29.8 Å². The van der Waals surface area contributed by atoms with Gasteiger partial charge in [0.2, 0.25) is 0 Å². The first-order valence-corrected chi connectivity index (χ1v) is 16.4. The van der Waals surface area contributed by atoms with Crippen LogP contribution < -0.4 is 10.9 Å². The first-order chi connectivity index (χ1) is 19.1. The molecule has 214 valence electrons. The fourth-order valence-electron chi connectivity index (χ4n) is 6.36. The summed E-state index contributed by atoms with van der Waals surface area (Å²) in [5, 5.41) is 4.13. The molecule has 9 nitrogen and oxygen atoms in total. The average molecular weight is 566 g/mol. The lowest BCUT2D eigenvalue weighted by atomic mass is 9.90. The van der Waals surface area contributed by atoms with E-state index in [-0.39, 0.29) is 28.7 Å². The molecule has 0 radical (unpaired) electrons. The molecule has 2 aliphatic rings. The number of fused-ring (bicyclic) bond motifs is 1. The van der Waals surface area contributed by atoms with Crippen LogP contribution in [0.15, 0.2) is 35.4 Å². The van der Waals surface area contributed by atoms with E-state index in [0.717, 1.165) is 69.1 Å². The largest absolute Gasteiger partial charge is 0.325 e. The number of hydrogen-bond acceptors (Lipinski definition) is 8. The molecule has 3 aromatic heterocycles. The predicted octanol–water partition coefficient (Wildman–Crippen LogP) is 4.78. The van der Waals surface area contributed by atoms with Gasteiger partial charge in [0.25, 0.3) is 5.56 Å². The Morgan fingerprint density at radius 2 is 1.75 bits per heavy atom. The van der Waals surface area contributed by atoms with E-state index in [1.54, 1.807) is 6.20 Å². The number of likely N-dealkylation sites (tertiary alicyclic amines) is 1. The Labute approximate surface area is 235 Å². The number of carbonyl (C=O) groups excluding carboxylic acids is 1. The Morgan fingerprint density at radius 3 is 2.38 bits per heavy atom. The van der Waals surface area contributed by atoms with Crippen molar-refractivity contribution in [3.8, 4) is 0 Å². The summed E-state index contributed by atoms with van der Waals surface area (Å²) in [6.45, 7) is 6.03. The fraction of sp³-hybridized carbons (Fsp3) is 0.533. The number of nitrogens with one attached hydrogen (secondary N) is 1. The molecule has 2 fully saturated rings. The summed E-state index contributed by atoms with van der Waals surface area (Å²) < 4.78 is 24.6. The standard InChI is InChI=1S/C30H39N5O4S/c1-20-25-19-32-28(17-26(25)35(24-7-4-5-8-24)30(37)29(20)21(2)36)33-27-10-9-23(18-31-27)22-11-14-34(15-12-22)13-6-16-40(3,38)39/h9-10,17-19,22,24H,4-8,11-16H2,1-3H3,(H,31,32,33). The minimum atomic E-state index is -2.90. The summed E-state index contributed by atoms with van der Waals surface area (Å²) in [4.78, 5) is 37.4. The Kier molecular flexibility index (Phi) is 8.37. The maximum absolute atomic E-state index is 13.5. The van der Waals surface area contributed by atoms with Crippen molar-refractivity contribution in [2.24, 2.45) is 0 Å². The van der Waals surface area contributed by atoms with Gasteiger partial charge in [-0.25, -0.2) is 18.4 Å². The molecule has 0 spiro atoms. The first-order valence-electron chi connectivity index (χ1n) is 14.3. The fourth-order valence-corrected chi connectivity index (χ4v) is 7.01. The molecule has 1 saturated carbocycles. The number of carbonyl (C=O) groups is 1. The number of hydrogen-bond donors (Lipinski definition) is 1. The van der Waals surface area contributed by atoms with Gasteiger partial charge in [0.05, 0.1) is 16.8 Å². The Hall–Kier alpha value is -3.11. The quantitative estimate of drug-likeness (QED) is 0.369. The molecule has 4 heterocycles. The normalized spacial score (nSPS) is 17.5. The van der Waals surface area contributed by atoms with Gasteiger partial charge < -0.3 is 14.8 Å². The van der Waals surface area contributed by atoms with Crippen LogP contribution >= 0.6 is 0 Å². The average Bonchev–Trinajstić information content (AvgIpc) is 3.43. The highest BCUT2D eigenvalue weighted by molar-refractivity contribution is 7.90. The highest BCUT2D eigenvalue weighted by Crippen LogP contribution is 2.33. The lowest BCUT2D eigenvalue weighted by Crippen LogP contribution is -2.34. The highest BCUT2D eigenvalue weighted by atomic mass is 32.2. The van der Waals surface area contributed by atoms with Crippen LogP contribution in [0.4, 0.5) is 11.6 Å². The maximum Gasteiger partial charge on any atom is 0.262 e. The molecule has 0 amide bonds. The second-order valence-corrected chi connectivity index (χ2v) is 13.7. The minimum absolute atomic E-state index is 0.0902. The molecule has 1 aliphatic heterocycles. The molecule has 1 saturated heterocycles. The number of rotatable bonds is 9. The van der Waals surface area contributed by atoms with Crippen LogP contribution in [0.2, 0.25) is 0 Å². The lowest BCUT2D eigenvalue weighted by molar-refractivity contribution is 0.101. The topological polar surface area (TPSA) is 114 Å². The molecule has 0 unspecified atom stereocenters. The van der Waals surface area contributed by atoms with Crippen molar-refractivity contribution >= 4 is 38.2 Å². The van der Waals surface area contributed by atoms with Crippen molar-refractivity contribution in [2.45, 2.75) is 70.8 Å². The van der Waals surface area contributed by atoms with Gasteiger partial charge >= 0.3 is 0 Å². The molecule has 1 aliphatic carbocycles. The SMILES string of the molecule is CC(=O)c1c(C)c2cnc(Nc3ccc(C4CCN(CCCS(C)(=O)=O)CC4)cn3)cc2n(C2CCCC2)c1=O. The molecule has 1 N–H and O–H groups in total. The monoisotopic (exact) mass is 565 g/mol. The molecule has 0 aromatic carbocycles. The number of aryl methyl sites for hydroxylation is 1. The van der Waals surface area contributed by atoms with Crippen LogP contribution in [0, 0.1) is 6.92 Å². The molecule has 5 rings (SSSR count). The Morgan fingerprint density at radius 1 is 1.05 bits per heavy atom. The predicted molar refractivity (Wildman–Crippen MR) is 159 cm³/mol. The van der Waals surface area contributed by atoms with Gasteiger partial charge in [-0.3, -0.25) is 9.59 Å². The molecule has 40 heavy (non-hydrogen) atoms. The lowest BCUT2D eigenvalue weighted by Gasteiger charge is -2.32. The molecular weight excluding hydrogens is 526 g/mol. The van der Waals surface area contributed by atoms with Crippen molar-refractivity contribution in [1.29, 1.82) is 0 Å². The van der Waals surface area contributed by atoms with Gasteiger partial charge in [0, 0.05) is 36.1 Å². The van der Waals surface area contributed by atoms with Crippen molar-refractivity contribution in [3.05, 3.63) is 57.6 Å². The number of piperidine rings is 1. The van der Waals surface area contributed by atoms with Crippen molar-refractivity contribution in [3.63, 3.8) is 0 Å². The molecule has 0 bridgehead atoms. The first kappa shape index (κ1) is 28.4. The van der Waals surface area contributed by atoms with Crippen LogP contribution in [0.3, 0.4) is 0 Å². The molecule has 3 aromatic rings. The number of Topliss-reactive ketones (excluding diaryl/α,β-unsaturated/α-hetero) is 1. The summed E-state index contributed by atoms with van der Waals surface area (Å²) in [7, 11) is -2.90. The van der Waals surface area contributed by atoms with E-state index >= 15 is 0 Å². The highest BCUT2D eigenvalue weighted by Gasteiger charge is 2.25. The summed E-state index contributed by atoms with van der Waals surface area (Å²) in [5.74, 6) is 1.76. The molecular formula is C30H39N5O4S. The Balaban J connectivity index is 1.30. The van der Waals surface area contributed by atoms with E-state index < -0.39 is 9.84 Å². The summed E-state index contributed by atoms with van der Waals surface area (Å²) in [6, 6.07) is 6.07. The second kappa shape index (κ2) is 11.8. The zero-order valence-electron chi connectivity index (χ0n) is 23.6. The van der Waals surface area contributed by atoms with Crippen LogP contribution in [0.1, 0.15) is 85.3 Å². The number of ketones is 1. The zero-order valence-corrected chi connectivity index (χ0v) is 24.5. The third-order valence-corrected chi connectivity index (χ3v) is 9.52. The molecule has 0 atom stereocenters. The number of nitrogens with zero attached hydrogens (tertiary/aromatic N) is 4. The van der Waals surface area contributed by atoms with Crippen LogP contribution in [-0.4, -0.2) is 65.3 Å². The van der Waals surface area contributed by atoms with E-state index in [9.17, 15) is 18.0 Å². The third kappa shape index (κ3) is 6.28. The summed E-state index contributed by atoms with van der Waals surface area (Å²) in [5.41, 5.74) is 2.75. The van der Waals surface area contributed by atoms with Gasteiger partial charge in [-0.2, -0.15) is 0 Å².